The smallest absolute Gasteiger partial charge is 0.0861 e. The summed E-state index contributed by atoms with van der Waals surface area (Å²) < 4.78 is 0. The van der Waals surface area contributed by atoms with Gasteiger partial charge in [0, 0.05) is 5.92 Å². The van der Waals surface area contributed by atoms with Gasteiger partial charge in [-0.25, -0.2) is 0 Å². The quantitative estimate of drug-likeness (QED) is 0.871. The molecular formula is C18H20O. The normalized spacial score (nSPS) is 18.5. The lowest BCUT2D eigenvalue weighted by Crippen LogP contribution is -2.23. The minimum absolute atomic E-state index is 0.272. The summed E-state index contributed by atoms with van der Waals surface area (Å²) >= 11 is 0. The first-order valence-electron chi connectivity index (χ1n) is 7.14. The van der Waals surface area contributed by atoms with Crippen molar-refractivity contribution in [3.05, 3.63) is 70.8 Å². The fraction of sp³-hybridized carbons (Fsp3) is 0.333. The van der Waals surface area contributed by atoms with Crippen LogP contribution in [0.15, 0.2) is 48.5 Å². The van der Waals surface area contributed by atoms with Crippen molar-refractivity contribution < 1.29 is 5.11 Å². The molecule has 0 heterocycles. The molecular weight excluding hydrogens is 232 g/mol. The van der Waals surface area contributed by atoms with E-state index in [1.165, 1.54) is 16.7 Å². The zero-order valence-corrected chi connectivity index (χ0v) is 11.3. The van der Waals surface area contributed by atoms with Crippen LogP contribution in [-0.4, -0.2) is 5.11 Å². The molecule has 1 nitrogen and oxygen atoms in total. The molecule has 0 fully saturated rings. The third-order valence-corrected chi connectivity index (χ3v) is 4.14. The molecule has 0 amide bonds. The Morgan fingerprint density at radius 3 is 2.53 bits per heavy atom. The molecule has 0 radical (unpaired) electrons. The standard InChI is InChI=1S/C18H20O/c1-2-5-13-8-10-14(11-9-13)18(19)17-12-15-6-3-4-7-16(15)17/h3-4,6-11,17-19H,2,5,12H2,1H3. The van der Waals surface area contributed by atoms with Crippen LogP contribution in [0, 0.1) is 0 Å². The number of aliphatic hydroxyl groups is 1. The van der Waals surface area contributed by atoms with Crippen LogP contribution in [0.25, 0.3) is 0 Å². The molecule has 2 unspecified atom stereocenters. The highest BCUT2D eigenvalue weighted by molar-refractivity contribution is 5.42. The van der Waals surface area contributed by atoms with Crippen LogP contribution in [0.1, 0.15) is 47.6 Å². The number of rotatable bonds is 4. The van der Waals surface area contributed by atoms with E-state index in [1.807, 2.05) is 0 Å². The summed E-state index contributed by atoms with van der Waals surface area (Å²) in [6.07, 6.45) is 2.90. The summed E-state index contributed by atoms with van der Waals surface area (Å²) in [4.78, 5) is 0. The number of hydrogen-bond acceptors (Lipinski definition) is 1. The topological polar surface area (TPSA) is 20.2 Å². The molecule has 1 N–H and O–H groups in total. The molecule has 19 heavy (non-hydrogen) atoms. The van der Waals surface area contributed by atoms with E-state index in [9.17, 15) is 5.11 Å². The molecule has 1 aliphatic carbocycles. The molecule has 0 saturated heterocycles. The molecule has 1 aliphatic rings. The maximum Gasteiger partial charge on any atom is 0.0861 e. The van der Waals surface area contributed by atoms with Gasteiger partial charge in [-0.15, -0.1) is 0 Å². The maximum absolute atomic E-state index is 10.5. The van der Waals surface area contributed by atoms with Gasteiger partial charge in [-0.1, -0.05) is 61.9 Å². The van der Waals surface area contributed by atoms with E-state index in [0.29, 0.717) is 0 Å². The second-order valence-corrected chi connectivity index (χ2v) is 5.45. The van der Waals surface area contributed by atoms with Gasteiger partial charge in [0.25, 0.3) is 0 Å². The zero-order valence-electron chi connectivity index (χ0n) is 11.3. The molecule has 0 spiro atoms. The fourth-order valence-electron chi connectivity index (χ4n) is 2.98. The average molecular weight is 252 g/mol. The van der Waals surface area contributed by atoms with E-state index in [-0.39, 0.29) is 12.0 Å². The number of fused-ring (bicyclic) bond motifs is 1. The van der Waals surface area contributed by atoms with E-state index in [4.69, 9.17) is 0 Å². The van der Waals surface area contributed by atoms with Gasteiger partial charge < -0.3 is 5.11 Å². The van der Waals surface area contributed by atoms with E-state index in [0.717, 1.165) is 24.8 Å². The molecule has 2 atom stereocenters. The number of aryl methyl sites for hydroxylation is 1. The Morgan fingerprint density at radius 1 is 1.11 bits per heavy atom. The molecule has 1 heteroatoms. The van der Waals surface area contributed by atoms with Crippen molar-refractivity contribution in [2.75, 3.05) is 0 Å². The molecule has 3 rings (SSSR count). The van der Waals surface area contributed by atoms with Gasteiger partial charge >= 0.3 is 0 Å². The summed E-state index contributed by atoms with van der Waals surface area (Å²) in [5.41, 5.74) is 5.09. The second-order valence-electron chi connectivity index (χ2n) is 5.45. The van der Waals surface area contributed by atoms with Crippen molar-refractivity contribution in [1.82, 2.24) is 0 Å². The lowest BCUT2D eigenvalue weighted by atomic mass is 9.73. The lowest BCUT2D eigenvalue weighted by molar-refractivity contribution is 0.134. The Labute approximate surface area is 114 Å². The minimum atomic E-state index is -0.370. The van der Waals surface area contributed by atoms with Gasteiger partial charge in [-0.05, 0) is 35.1 Å². The second kappa shape index (κ2) is 5.18. The largest absolute Gasteiger partial charge is 0.388 e. The van der Waals surface area contributed by atoms with Crippen LogP contribution >= 0.6 is 0 Å². The van der Waals surface area contributed by atoms with Crippen LogP contribution in [-0.2, 0) is 12.8 Å². The van der Waals surface area contributed by atoms with Gasteiger partial charge in [-0.2, -0.15) is 0 Å². The van der Waals surface area contributed by atoms with Crippen molar-refractivity contribution in [3.8, 4) is 0 Å². The van der Waals surface area contributed by atoms with Crippen molar-refractivity contribution in [2.45, 2.75) is 38.2 Å². The van der Waals surface area contributed by atoms with Crippen LogP contribution in [0.4, 0.5) is 0 Å². The van der Waals surface area contributed by atoms with Crippen molar-refractivity contribution in [3.63, 3.8) is 0 Å². The Balaban J connectivity index is 1.76. The van der Waals surface area contributed by atoms with Crippen LogP contribution < -0.4 is 0 Å². The average Bonchev–Trinajstić information content (AvgIpc) is 2.41. The predicted octanol–water partition coefficient (Wildman–Crippen LogP) is 4.01. The summed E-state index contributed by atoms with van der Waals surface area (Å²) in [7, 11) is 0. The summed E-state index contributed by atoms with van der Waals surface area (Å²) in [5.74, 6) is 0.272. The van der Waals surface area contributed by atoms with Gasteiger partial charge in [0.2, 0.25) is 0 Å². The highest BCUT2D eigenvalue weighted by Gasteiger charge is 2.32. The van der Waals surface area contributed by atoms with Gasteiger partial charge in [0.15, 0.2) is 0 Å². The molecule has 2 aromatic carbocycles. The first kappa shape index (κ1) is 12.4. The predicted molar refractivity (Wildman–Crippen MR) is 78.3 cm³/mol. The van der Waals surface area contributed by atoms with Gasteiger partial charge in [0.05, 0.1) is 6.10 Å². The lowest BCUT2D eigenvalue weighted by Gasteiger charge is -2.34. The Bertz CT molecular complexity index is 556. The SMILES string of the molecule is CCCc1ccc(C(O)C2Cc3ccccc32)cc1. The number of aliphatic hydroxyl groups excluding tert-OH is 1. The first-order valence-corrected chi connectivity index (χ1v) is 7.14. The van der Waals surface area contributed by atoms with Gasteiger partial charge in [0.1, 0.15) is 0 Å². The van der Waals surface area contributed by atoms with E-state index >= 15 is 0 Å². The van der Waals surface area contributed by atoms with Crippen molar-refractivity contribution in [1.29, 1.82) is 0 Å². The monoisotopic (exact) mass is 252 g/mol. The maximum atomic E-state index is 10.5. The third kappa shape index (κ3) is 2.31. The van der Waals surface area contributed by atoms with Crippen LogP contribution in [0.3, 0.4) is 0 Å². The summed E-state index contributed by atoms with van der Waals surface area (Å²) in [5, 5.41) is 10.5. The molecule has 0 saturated carbocycles. The van der Waals surface area contributed by atoms with Crippen molar-refractivity contribution in [2.24, 2.45) is 0 Å². The summed E-state index contributed by atoms with van der Waals surface area (Å²) in [6.45, 7) is 2.19. The van der Waals surface area contributed by atoms with E-state index in [1.54, 1.807) is 0 Å². The van der Waals surface area contributed by atoms with E-state index in [2.05, 4.69) is 55.5 Å². The summed E-state index contributed by atoms with van der Waals surface area (Å²) in [6, 6.07) is 16.9. The molecule has 98 valence electrons. The van der Waals surface area contributed by atoms with E-state index < -0.39 is 0 Å². The minimum Gasteiger partial charge on any atom is -0.388 e. The highest BCUT2D eigenvalue weighted by Crippen LogP contribution is 2.43. The number of benzene rings is 2. The highest BCUT2D eigenvalue weighted by atomic mass is 16.3. The molecule has 2 aromatic rings. The molecule has 0 bridgehead atoms. The third-order valence-electron chi connectivity index (χ3n) is 4.14. The Morgan fingerprint density at radius 2 is 1.84 bits per heavy atom. The number of hydrogen-bond donors (Lipinski definition) is 1. The molecule has 0 aliphatic heterocycles. The van der Waals surface area contributed by atoms with Crippen LogP contribution in [0.5, 0.6) is 0 Å². The van der Waals surface area contributed by atoms with Crippen molar-refractivity contribution >= 4 is 0 Å². The first-order chi connectivity index (χ1) is 9.29. The van der Waals surface area contributed by atoms with Gasteiger partial charge in [-0.3, -0.25) is 0 Å². The zero-order chi connectivity index (χ0) is 13.2. The Kier molecular flexibility index (Phi) is 3.39. The fourth-order valence-corrected chi connectivity index (χ4v) is 2.98. The van der Waals surface area contributed by atoms with Crippen LogP contribution in [0.2, 0.25) is 0 Å². The Hall–Kier alpha value is -1.60. The molecule has 0 aromatic heterocycles.